The molecule has 140 valence electrons. The van der Waals surface area contributed by atoms with Crippen LogP contribution >= 0.6 is 0 Å². The van der Waals surface area contributed by atoms with E-state index >= 15 is 0 Å². The van der Waals surface area contributed by atoms with E-state index in [0.29, 0.717) is 24.7 Å². The van der Waals surface area contributed by atoms with Gasteiger partial charge in [0.25, 0.3) is 0 Å². The zero-order valence-electron chi connectivity index (χ0n) is 15.9. The Morgan fingerprint density at radius 2 is 1.89 bits per heavy atom. The molecule has 0 unspecified atom stereocenters. The Morgan fingerprint density at radius 1 is 1.11 bits per heavy atom. The zero-order chi connectivity index (χ0) is 19.2. The fourth-order valence-electron chi connectivity index (χ4n) is 2.64. The Morgan fingerprint density at radius 3 is 2.59 bits per heavy atom. The molecule has 27 heavy (non-hydrogen) atoms. The molecule has 2 N–H and O–H groups in total. The van der Waals surface area contributed by atoms with Gasteiger partial charge in [-0.25, -0.2) is 0 Å². The SMILES string of the molecule is CCC(=O)Nc1ccc(C)c(NCc2nc(-c3ccc(CC)cc3)no2)c1. The highest BCUT2D eigenvalue weighted by Gasteiger charge is 2.10. The van der Waals surface area contributed by atoms with E-state index in [4.69, 9.17) is 4.52 Å². The first kappa shape index (κ1) is 18.6. The van der Waals surface area contributed by atoms with Crippen molar-refractivity contribution < 1.29 is 9.32 Å². The molecule has 0 aliphatic carbocycles. The quantitative estimate of drug-likeness (QED) is 0.642. The minimum Gasteiger partial charge on any atom is -0.376 e. The molecule has 0 saturated carbocycles. The minimum atomic E-state index is -0.0135. The lowest BCUT2D eigenvalue weighted by Gasteiger charge is -2.10. The van der Waals surface area contributed by atoms with Crippen LogP contribution in [0.25, 0.3) is 11.4 Å². The summed E-state index contributed by atoms with van der Waals surface area (Å²) in [7, 11) is 0. The lowest BCUT2D eigenvalue weighted by Crippen LogP contribution is -2.10. The van der Waals surface area contributed by atoms with Gasteiger partial charge in [0.15, 0.2) is 0 Å². The molecule has 0 aliphatic rings. The third-order valence-corrected chi connectivity index (χ3v) is 4.36. The van der Waals surface area contributed by atoms with E-state index < -0.39 is 0 Å². The van der Waals surface area contributed by atoms with Gasteiger partial charge in [0.05, 0.1) is 6.54 Å². The molecule has 3 rings (SSSR count). The van der Waals surface area contributed by atoms with Gasteiger partial charge >= 0.3 is 0 Å². The van der Waals surface area contributed by atoms with E-state index in [2.05, 4.69) is 39.8 Å². The molecule has 0 radical (unpaired) electrons. The molecule has 1 amide bonds. The summed E-state index contributed by atoms with van der Waals surface area (Å²) in [4.78, 5) is 16.0. The van der Waals surface area contributed by atoms with Crippen LogP contribution in [0, 0.1) is 6.92 Å². The Labute approximate surface area is 159 Å². The monoisotopic (exact) mass is 364 g/mol. The van der Waals surface area contributed by atoms with Crippen LogP contribution in [0.1, 0.15) is 37.3 Å². The van der Waals surface area contributed by atoms with Crippen molar-refractivity contribution in [3.05, 3.63) is 59.5 Å². The maximum atomic E-state index is 11.6. The summed E-state index contributed by atoms with van der Waals surface area (Å²) in [6.07, 6.45) is 1.44. The second kappa shape index (κ2) is 8.49. The van der Waals surface area contributed by atoms with Crippen LogP contribution in [0.5, 0.6) is 0 Å². The standard InChI is InChI=1S/C21H24N4O2/c1-4-15-7-9-16(10-8-15)21-24-20(27-25-21)13-22-18-12-17(11-6-14(18)3)23-19(26)5-2/h6-12,22H,4-5,13H2,1-3H3,(H,23,26). The molecule has 0 atom stereocenters. The van der Waals surface area contributed by atoms with Gasteiger partial charge in [-0.2, -0.15) is 4.98 Å². The van der Waals surface area contributed by atoms with Gasteiger partial charge in [-0.3, -0.25) is 4.79 Å². The summed E-state index contributed by atoms with van der Waals surface area (Å²) in [5.74, 6) is 1.07. The average molecular weight is 364 g/mol. The predicted octanol–water partition coefficient (Wildman–Crippen LogP) is 4.57. The van der Waals surface area contributed by atoms with Gasteiger partial charge < -0.3 is 15.2 Å². The van der Waals surface area contributed by atoms with Gasteiger partial charge in [-0.05, 0) is 36.6 Å². The Balaban J connectivity index is 1.67. The van der Waals surface area contributed by atoms with Crippen molar-refractivity contribution in [1.29, 1.82) is 0 Å². The first-order valence-corrected chi connectivity index (χ1v) is 9.15. The Kier molecular flexibility index (Phi) is 5.86. The number of amides is 1. The van der Waals surface area contributed by atoms with Crippen LogP contribution in [0.3, 0.4) is 0 Å². The van der Waals surface area contributed by atoms with E-state index in [1.165, 1.54) is 5.56 Å². The first-order valence-electron chi connectivity index (χ1n) is 9.15. The van der Waals surface area contributed by atoms with Crippen LogP contribution in [0.4, 0.5) is 11.4 Å². The Hall–Kier alpha value is -3.15. The molecule has 6 heteroatoms. The third-order valence-electron chi connectivity index (χ3n) is 4.36. The number of hydrogen-bond donors (Lipinski definition) is 2. The lowest BCUT2D eigenvalue weighted by molar-refractivity contribution is -0.115. The van der Waals surface area contributed by atoms with E-state index in [-0.39, 0.29) is 5.91 Å². The van der Waals surface area contributed by atoms with Crippen LogP contribution in [-0.4, -0.2) is 16.0 Å². The fraction of sp³-hybridized carbons (Fsp3) is 0.286. The first-order chi connectivity index (χ1) is 13.1. The second-order valence-electron chi connectivity index (χ2n) is 6.35. The highest BCUT2D eigenvalue weighted by atomic mass is 16.5. The number of anilines is 2. The van der Waals surface area contributed by atoms with Gasteiger partial charge in [-0.1, -0.05) is 49.3 Å². The summed E-state index contributed by atoms with van der Waals surface area (Å²) in [5.41, 5.74) is 4.95. The highest BCUT2D eigenvalue weighted by Crippen LogP contribution is 2.22. The molecular weight excluding hydrogens is 340 g/mol. The molecule has 1 aromatic heterocycles. The third kappa shape index (κ3) is 4.73. The number of nitrogens with one attached hydrogen (secondary N) is 2. The minimum absolute atomic E-state index is 0.0135. The van der Waals surface area contributed by atoms with Crippen molar-refractivity contribution in [3.63, 3.8) is 0 Å². The maximum absolute atomic E-state index is 11.6. The van der Waals surface area contributed by atoms with Gasteiger partial charge in [0.1, 0.15) is 0 Å². The van der Waals surface area contributed by atoms with Crippen LogP contribution in [0.2, 0.25) is 0 Å². The number of aromatic nitrogens is 2. The van der Waals surface area contributed by atoms with Crippen molar-refractivity contribution in [3.8, 4) is 11.4 Å². The molecule has 6 nitrogen and oxygen atoms in total. The number of hydrogen-bond acceptors (Lipinski definition) is 5. The highest BCUT2D eigenvalue weighted by molar-refractivity contribution is 5.91. The number of rotatable bonds is 7. The normalized spacial score (nSPS) is 10.6. The summed E-state index contributed by atoms with van der Waals surface area (Å²) in [6.45, 7) is 6.36. The largest absolute Gasteiger partial charge is 0.376 e. The summed E-state index contributed by atoms with van der Waals surface area (Å²) in [6, 6.07) is 13.9. The predicted molar refractivity (Wildman–Crippen MR) is 107 cm³/mol. The molecule has 0 fully saturated rings. The molecule has 0 aliphatic heterocycles. The van der Waals surface area contributed by atoms with Crippen molar-refractivity contribution in [2.75, 3.05) is 10.6 Å². The smallest absolute Gasteiger partial charge is 0.246 e. The van der Waals surface area contributed by atoms with E-state index in [9.17, 15) is 4.79 Å². The van der Waals surface area contributed by atoms with E-state index in [1.807, 2.05) is 44.2 Å². The fourth-order valence-corrected chi connectivity index (χ4v) is 2.64. The lowest BCUT2D eigenvalue weighted by atomic mass is 10.1. The van der Waals surface area contributed by atoms with Crippen LogP contribution in [-0.2, 0) is 17.8 Å². The molecule has 2 aromatic carbocycles. The molecule has 0 spiro atoms. The molecule has 0 saturated heterocycles. The molecule has 0 bridgehead atoms. The van der Waals surface area contributed by atoms with Crippen molar-refractivity contribution in [1.82, 2.24) is 10.1 Å². The number of carbonyl (C=O) groups is 1. The molecular formula is C21H24N4O2. The van der Waals surface area contributed by atoms with Crippen LogP contribution < -0.4 is 10.6 Å². The summed E-state index contributed by atoms with van der Waals surface area (Å²) >= 11 is 0. The molecule has 1 heterocycles. The van der Waals surface area contributed by atoms with E-state index in [0.717, 1.165) is 28.9 Å². The van der Waals surface area contributed by atoms with Crippen molar-refractivity contribution in [2.45, 2.75) is 40.2 Å². The van der Waals surface area contributed by atoms with Gasteiger partial charge in [0.2, 0.25) is 17.6 Å². The second-order valence-corrected chi connectivity index (χ2v) is 6.35. The van der Waals surface area contributed by atoms with Crippen molar-refractivity contribution in [2.24, 2.45) is 0 Å². The average Bonchev–Trinajstić information content (AvgIpc) is 3.17. The maximum Gasteiger partial charge on any atom is 0.246 e. The van der Waals surface area contributed by atoms with Gasteiger partial charge in [-0.15, -0.1) is 0 Å². The van der Waals surface area contributed by atoms with E-state index in [1.54, 1.807) is 0 Å². The van der Waals surface area contributed by atoms with Crippen molar-refractivity contribution >= 4 is 17.3 Å². The number of benzene rings is 2. The number of aryl methyl sites for hydroxylation is 2. The number of nitrogens with zero attached hydrogens (tertiary/aromatic N) is 2. The Bertz CT molecular complexity index is 916. The summed E-state index contributed by atoms with van der Waals surface area (Å²) < 4.78 is 5.36. The zero-order valence-corrected chi connectivity index (χ0v) is 15.9. The number of carbonyl (C=O) groups excluding carboxylic acids is 1. The summed E-state index contributed by atoms with van der Waals surface area (Å²) in [5, 5.41) is 10.2. The van der Waals surface area contributed by atoms with Crippen LogP contribution in [0.15, 0.2) is 47.0 Å². The topological polar surface area (TPSA) is 80.0 Å². The molecule has 3 aromatic rings. The van der Waals surface area contributed by atoms with Gasteiger partial charge in [0, 0.05) is 23.4 Å².